The Kier molecular flexibility index (Phi) is 10.6. The number of hydrogen-bond acceptors (Lipinski definition) is 9. The maximum Gasteiger partial charge on any atom is 0.311 e. The van der Waals surface area contributed by atoms with Gasteiger partial charge in [-0.05, 0) is 43.4 Å². The molecule has 13 heteroatoms. The number of esters is 1. The molecule has 0 aliphatic carbocycles. The van der Waals surface area contributed by atoms with E-state index in [1.54, 1.807) is 19.1 Å². The van der Waals surface area contributed by atoms with E-state index in [0.29, 0.717) is 12.0 Å². The first-order chi connectivity index (χ1) is 19.4. The molecule has 3 rings (SSSR count). The number of imide groups is 2. The fourth-order valence-corrected chi connectivity index (χ4v) is 4.30. The van der Waals surface area contributed by atoms with Gasteiger partial charge in [-0.15, -0.1) is 0 Å². The molecule has 0 saturated carbocycles. The SMILES string of the molecule is CC(CC(N)Cc1ccc(OC(=O)CCCN2C(=O)C=CC2=O)c(NC(=O)CCCN2C(=O)C=CC2=O)c1)C(=O)O. The fourth-order valence-electron chi connectivity index (χ4n) is 4.30. The lowest BCUT2D eigenvalue weighted by Crippen LogP contribution is -2.31. The number of amides is 5. The molecular weight excluding hydrogens is 536 g/mol. The maximum absolute atomic E-state index is 12.7. The minimum Gasteiger partial charge on any atom is -0.481 e. The molecule has 2 unspecified atom stereocenters. The van der Waals surface area contributed by atoms with E-state index in [1.807, 2.05) is 0 Å². The third-order valence-corrected chi connectivity index (χ3v) is 6.47. The van der Waals surface area contributed by atoms with Crippen LogP contribution in [0, 0.1) is 5.92 Å². The van der Waals surface area contributed by atoms with Crippen molar-refractivity contribution in [2.75, 3.05) is 18.4 Å². The number of anilines is 1. The quantitative estimate of drug-likeness (QED) is 0.156. The maximum atomic E-state index is 12.7. The Morgan fingerprint density at radius 2 is 1.44 bits per heavy atom. The first-order valence-corrected chi connectivity index (χ1v) is 13.1. The molecule has 5 amide bonds. The smallest absolute Gasteiger partial charge is 0.311 e. The van der Waals surface area contributed by atoms with Crippen molar-refractivity contribution in [3.8, 4) is 5.75 Å². The first-order valence-electron chi connectivity index (χ1n) is 13.1. The molecule has 2 aliphatic heterocycles. The molecule has 1 aromatic carbocycles. The van der Waals surface area contributed by atoms with Crippen LogP contribution in [0.15, 0.2) is 42.5 Å². The van der Waals surface area contributed by atoms with E-state index in [-0.39, 0.29) is 56.6 Å². The van der Waals surface area contributed by atoms with Crippen molar-refractivity contribution in [3.63, 3.8) is 0 Å². The van der Waals surface area contributed by atoms with Crippen LogP contribution in [-0.2, 0) is 40.0 Å². The second-order valence-electron chi connectivity index (χ2n) is 9.82. The molecule has 2 heterocycles. The summed E-state index contributed by atoms with van der Waals surface area (Å²) < 4.78 is 5.46. The molecule has 0 saturated heterocycles. The normalized spacial score (nSPS) is 16.0. The van der Waals surface area contributed by atoms with Crippen LogP contribution in [-0.4, -0.2) is 75.5 Å². The zero-order valence-electron chi connectivity index (χ0n) is 22.5. The minimum absolute atomic E-state index is 0.0315. The molecule has 2 atom stereocenters. The second-order valence-corrected chi connectivity index (χ2v) is 9.82. The van der Waals surface area contributed by atoms with Gasteiger partial charge in [-0.2, -0.15) is 0 Å². The van der Waals surface area contributed by atoms with E-state index in [4.69, 9.17) is 15.6 Å². The number of nitrogens with two attached hydrogens (primary N) is 1. The van der Waals surface area contributed by atoms with Crippen LogP contribution in [0.3, 0.4) is 0 Å². The molecule has 41 heavy (non-hydrogen) atoms. The molecule has 0 aromatic heterocycles. The third kappa shape index (κ3) is 8.93. The van der Waals surface area contributed by atoms with Crippen LogP contribution in [0.25, 0.3) is 0 Å². The monoisotopic (exact) mass is 568 g/mol. The van der Waals surface area contributed by atoms with Gasteiger partial charge in [-0.1, -0.05) is 13.0 Å². The van der Waals surface area contributed by atoms with Crippen molar-refractivity contribution < 1.29 is 43.4 Å². The highest BCUT2D eigenvalue weighted by Gasteiger charge is 2.24. The second kappa shape index (κ2) is 14.1. The standard InChI is InChI=1S/C28H32N4O9/c1-17(28(39)40)14-19(29)15-18-6-7-21(41-27(38)5-3-13-32-25(36)10-11-26(32)37)20(16-18)30-22(33)4-2-12-31-23(34)8-9-24(31)35/h6-11,16-17,19H,2-5,12-15,29H2,1H3,(H,30,33)(H,39,40). The number of rotatable bonds is 15. The molecule has 0 spiro atoms. The summed E-state index contributed by atoms with van der Waals surface area (Å²) in [4.78, 5) is 85.2. The van der Waals surface area contributed by atoms with Gasteiger partial charge < -0.3 is 20.9 Å². The average Bonchev–Trinajstić information content (AvgIpc) is 3.40. The number of carbonyl (C=O) groups excluding carboxylic acids is 6. The summed E-state index contributed by atoms with van der Waals surface area (Å²) >= 11 is 0. The number of nitrogens with one attached hydrogen (secondary N) is 1. The topological polar surface area (TPSA) is 193 Å². The summed E-state index contributed by atoms with van der Waals surface area (Å²) in [5.74, 6) is -4.43. The molecule has 4 N–H and O–H groups in total. The Balaban J connectivity index is 1.63. The number of hydrogen-bond donors (Lipinski definition) is 3. The predicted molar refractivity (Wildman–Crippen MR) is 144 cm³/mol. The van der Waals surface area contributed by atoms with Gasteiger partial charge in [0.05, 0.1) is 11.6 Å². The van der Waals surface area contributed by atoms with Crippen LogP contribution in [0.1, 0.15) is 44.6 Å². The molecule has 2 aliphatic rings. The molecule has 0 bridgehead atoms. The van der Waals surface area contributed by atoms with Crippen molar-refractivity contribution in [2.45, 2.75) is 51.5 Å². The number of carboxylic acid groups (broad SMARTS) is 1. The van der Waals surface area contributed by atoms with Crippen molar-refractivity contribution in [1.29, 1.82) is 0 Å². The number of benzene rings is 1. The van der Waals surface area contributed by atoms with Gasteiger partial charge in [-0.3, -0.25) is 43.4 Å². The first kappa shape index (κ1) is 30.9. The van der Waals surface area contributed by atoms with E-state index >= 15 is 0 Å². The van der Waals surface area contributed by atoms with Crippen molar-refractivity contribution in [3.05, 3.63) is 48.1 Å². The average molecular weight is 569 g/mol. The zero-order valence-corrected chi connectivity index (χ0v) is 22.5. The highest BCUT2D eigenvalue weighted by molar-refractivity contribution is 6.13. The van der Waals surface area contributed by atoms with E-state index in [9.17, 15) is 33.6 Å². The Hall–Kier alpha value is -4.65. The van der Waals surface area contributed by atoms with Gasteiger partial charge in [-0.25, -0.2) is 0 Å². The Bertz CT molecular complexity index is 1270. The number of ether oxygens (including phenoxy) is 1. The number of aliphatic carboxylic acids is 1. The van der Waals surface area contributed by atoms with E-state index in [0.717, 1.165) is 34.1 Å². The van der Waals surface area contributed by atoms with Crippen molar-refractivity contribution >= 4 is 47.2 Å². The Morgan fingerprint density at radius 1 is 0.902 bits per heavy atom. The number of carboxylic acids is 1. The Labute approximate surface area is 236 Å². The number of carbonyl (C=O) groups is 7. The molecular formula is C28H32N4O9. The van der Waals surface area contributed by atoms with E-state index in [1.165, 1.54) is 6.07 Å². The van der Waals surface area contributed by atoms with Gasteiger partial charge in [0.15, 0.2) is 5.75 Å². The molecule has 218 valence electrons. The lowest BCUT2D eigenvalue weighted by molar-refractivity contribution is -0.141. The van der Waals surface area contributed by atoms with Crippen LogP contribution < -0.4 is 15.8 Å². The van der Waals surface area contributed by atoms with Gasteiger partial charge in [0, 0.05) is 56.3 Å². The van der Waals surface area contributed by atoms with Gasteiger partial charge >= 0.3 is 11.9 Å². The summed E-state index contributed by atoms with van der Waals surface area (Å²) in [6.45, 7) is 1.67. The number of nitrogens with zero attached hydrogens (tertiary/aromatic N) is 2. The molecule has 0 radical (unpaired) electrons. The van der Waals surface area contributed by atoms with Crippen molar-refractivity contribution in [2.24, 2.45) is 11.7 Å². The zero-order chi connectivity index (χ0) is 30.1. The highest BCUT2D eigenvalue weighted by atomic mass is 16.5. The van der Waals surface area contributed by atoms with Crippen molar-refractivity contribution in [1.82, 2.24) is 9.80 Å². The highest BCUT2D eigenvalue weighted by Crippen LogP contribution is 2.28. The van der Waals surface area contributed by atoms with Crippen LogP contribution in [0.4, 0.5) is 5.69 Å². The summed E-state index contributed by atoms with van der Waals surface area (Å²) in [6, 6.07) is 4.24. The molecule has 13 nitrogen and oxygen atoms in total. The summed E-state index contributed by atoms with van der Waals surface area (Å²) in [7, 11) is 0. The van der Waals surface area contributed by atoms with Gasteiger partial charge in [0.1, 0.15) is 0 Å². The largest absolute Gasteiger partial charge is 0.481 e. The minimum atomic E-state index is -0.960. The molecule has 1 aromatic rings. The van der Waals surface area contributed by atoms with Gasteiger partial charge in [0.25, 0.3) is 23.6 Å². The summed E-state index contributed by atoms with van der Waals surface area (Å²) in [5, 5.41) is 11.8. The summed E-state index contributed by atoms with van der Waals surface area (Å²) in [5.41, 5.74) is 6.98. The lowest BCUT2D eigenvalue weighted by atomic mass is 9.96. The van der Waals surface area contributed by atoms with Crippen LogP contribution in [0.2, 0.25) is 0 Å². The Morgan fingerprint density at radius 3 is 1.98 bits per heavy atom. The van der Waals surface area contributed by atoms with Crippen LogP contribution >= 0.6 is 0 Å². The lowest BCUT2D eigenvalue weighted by Gasteiger charge is -2.17. The predicted octanol–water partition coefficient (Wildman–Crippen LogP) is 0.922. The van der Waals surface area contributed by atoms with E-state index in [2.05, 4.69) is 5.32 Å². The van der Waals surface area contributed by atoms with Crippen LogP contribution in [0.5, 0.6) is 5.75 Å². The third-order valence-electron chi connectivity index (χ3n) is 6.47. The van der Waals surface area contributed by atoms with Gasteiger partial charge in [0.2, 0.25) is 5.91 Å². The fraction of sp³-hybridized carbons (Fsp3) is 0.393. The van der Waals surface area contributed by atoms with E-state index < -0.39 is 53.4 Å². The molecule has 0 fully saturated rings. The summed E-state index contributed by atoms with van der Waals surface area (Å²) in [6.07, 6.45) is 5.42.